The molecule has 2 fully saturated rings. The number of hydrogen-bond donors (Lipinski definition) is 1. The zero-order valence-electron chi connectivity index (χ0n) is 18.6. The van der Waals surface area contributed by atoms with E-state index >= 15 is 0 Å². The third kappa shape index (κ3) is 13.0. The molecule has 2 aliphatic rings. The van der Waals surface area contributed by atoms with Crippen molar-refractivity contribution >= 4 is 34.7 Å². The lowest BCUT2D eigenvalue weighted by Crippen LogP contribution is -2.39. The summed E-state index contributed by atoms with van der Waals surface area (Å²) in [7, 11) is 0. The van der Waals surface area contributed by atoms with E-state index in [1.165, 1.54) is 6.08 Å². The van der Waals surface area contributed by atoms with Gasteiger partial charge in [0.1, 0.15) is 0 Å². The molecule has 9 heteroatoms. The van der Waals surface area contributed by atoms with Crippen molar-refractivity contribution in [1.82, 2.24) is 10.2 Å². The highest BCUT2D eigenvalue weighted by atomic mass is 35.5. The van der Waals surface area contributed by atoms with Gasteiger partial charge in [-0.15, -0.1) is 0 Å². The van der Waals surface area contributed by atoms with Crippen LogP contribution in [0.5, 0.6) is 0 Å². The number of amides is 1. The summed E-state index contributed by atoms with van der Waals surface area (Å²) >= 11 is 4.71. The molecule has 0 radical (unpaired) electrons. The van der Waals surface area contributed by atoms with Gasteiger partial charge in [-0.2, -0.15) is 0 Å². The third-order valence-electron chi connectivity index (χ3n) is 4.72. The molecule has 0 aromatic rings. The average molecular weight is 459 g/mol. The first kappa shape index (κ1) is 28.8. The molecule has 2 rings (SSSR count). The highest BCUT2D eigenvalue weighted by molar-refractivity contribution is 6.66. The molecule has 0 unspecified atom stereocenters. The lowest BCUT2D eigenvalue weighted by molar-refractivity contribution is -0.151. The Labute approximate surface area is 190 Å². The largest absolute Gasteiger partial charge is 0.466 e. The van der Waals surface area contributed by atoms with Crippen LogP contribution in [0.3, 0.4) is 0 Å². The number of esters is 2. The van der Waals surface area contributed by atoms with E-state index in [4.69, 9.17) is 21.1 Å². The van der Waals surface area contributed by atoms with E-state index in [0.717, 1.165) is 32.0 Å². The van der Waals surface area contributed by atoms with Crippen LogP contribution in [-0.4, -0.2) is 67.4 Å². The summed E-state index contributed by atoms with van der Waals surface area (Å²) in [5, 5.41) is 2.69. The Hall–Kier alpha value is -2.19. The van der Waals surface area contributed by atoms with E-state index in [2.05, 4.69) is 18.5 Å². The number of allylic oxidation sites excluding steroid dienone is 1. The number of nitrogens with zero attached hydrogens (tertiary/aromatic N) is 1. The fraction of sp³-hybridized carbons (Fsp3) is 0.636. The SMILES string of the molecule is C=CC(=O)Cl.C=CC(=O)N1CCC(C(=O)OCC)CC1.CCOC(=O)C1CCNCC1. The maximum absolute atomic E-state index is 11.4. The molecule has 0 aliphatic carbocycles. The van der Waals surface area contributed by atoms with Gasteiger partial charge in [-0.25, -0.2) is 0 Å². The van der Waals surface area contributed by atoms with Gasteiger partial charge in [0.15, 0.2) is 0 Å². The lowest BCUT2D eigenvalue weighted by atomic mass is 9.97. The van der Waals surface area contributed by atoms with E-state index in [0.29, 0.717) is 39.1 Å². The lowest BCUT2D eigenvalue weighted by Gasteiger charge is -2.29. The monoisotopic (exact) mass is 458 g/mol. The van der Waals surface area contributed by atoms with Crippen molar-refractivity contribution in [3.63, 3.8) is 0 Å². The Balaban J connectivity index is 0.000000492. The zero-order chi connectivity index (χ0) is 23.6. The fourth-order valence-electron chi connectivity index (χ4n) is 3.04. The summed E-state index contributed by atoms with van der Waals surface area (Å²) in [6.07, 6.45) is 5.60. The van der Waals surface area contributed by atoms with Crippen LogP contribution >= 0.6 is 11.6 Å². The van der Waals surface area contributed by atoms with Gasteiger partial charge in [0.05, 0.1) is 25.0 Å². The molecule has 0 aromatic heterocycles. The van der Waals surface area contributed by atoms with Gasteiger partial charge >= 0.3 is 11.9 Å². The van der Waals surface area contributed by atoms with Gasteiger partial charge in [-0.05, 0) is 76.4 Å². The molecule has 1 amide bonds. The first-order valence-corrected chi connectivity index (χ1v) is 11.0. The minimum atomic E-state index is -0.509. The number of ether oxygens (including phenoxy) is 2. The van der Waals surface area contributed by atoms with Gasteiger partial charge in [0.25, 0.3) is 0 Å². The van der Waals surface area contributed by atoms with Gasteiger partial charge in [0, 0.05) is 13.1 Å². The van der Waals surface area contributed by atoms with Crippen LogP contribution in [0.25, 0.3) is 0 Å². The summed E-state index contributed by atoms with van der Waals surface area (Å²) in [5.41, 5.74) is 0. The van der Waals surface area contributed by atoms with Gasteiger partial charge in [0.2, 0.25) is 11.1 Å². The Bertz CT molecular complexity index is 597. The van der Waals surface area contributed by atoms with Crippen LogP contribution in [0.4, 0.5) is 0 Å². The number of likely N-dealkylation sites (tertiary alicyclic amines) is 1. The number of carbonyl (C=O) groups excluding carboxylic acids is 4. The van der Waals surface area contributed by atoms with E-state index in [1.54, 1.807) is 11.8 Å². The number of rotatable bonds is 6. The van der Waals surface area contributed by atoms with E-state index in [9.17, 15) is 19.2 Å². The molecule has 31 heavy (non-hydrogen) atoms. The Morgan fingerprint density at radius 2 is 1.32 bits per heavy atom. The van der Waals surface area contributed by atoms with Gasteiger partial charge < -0.3 is 19.7 Å². The normalized spacial score (nSPS) is 16.4. The van der Waals surface area contributed by atoms with Crippen molar-refractivity contribution < 1.29 is 28.7 Å². The molecular formula is C22H35ClN2O6. The predicted molar refractivity (Wildman–Crippen MR) is 119 cm³/mol. The third-order valence-corrected chi connectivity index (χ3v) is 4.88. The highest BCUT2D eigenvalue weighted by Gasteiger charge is 2.27. The molecule has 0 atom stereocenters. The highest BCUT2D eigenvalue weighted by Crippen LogP contribution is 2.18. The second kappa shape index (κ2) is 17.5. The molecule has 0 saturated carbocycles. The smallest absolute Gasteiger partial charge is 0.309 e. The van der Waals surface area contributed by atoms with Crippen LogP contribution in [0.2, 0.25) is 0 Å². The summed E-state index contributed by atoms with van der Waals surface area (Å²) in [4.78, 5) is 45.0. The van der Waals surface area contributed by atoms with E-state index < -0.39 is 5.24 Å². The summed E-state index contributed by atoms with van der Waals surface area (Å²) < 4.78 is 9.86. The number of carbonyl (C=O) groups is 4. The minimum Gasteiger partial charge on any atom is -0.466 e. The van der Waals surface area contributed by atoms with Crippen LogP contribution in [0, 0.1) is 11.8 Å². The molecule has 0 aromatic carbocycles. The van der Waals surface area contributed by atoms with Gasteiger partial charge in [-0.3, -0.25) is 19.2 Å². The van der Waals surface area contributed by atoms with Crippen molar-refractivity contribution in [2.45, 2.75) is 39.5 Å². The molecular weight excluding hydrogens is 424 g/mol. The van der Waals surface area contributed by atoms with Crippen molar-refractivity contribution in [2.24, 2.45) is 11.8 Å². The molecule has 2 heterocycles. The van der Waals surface area contributed by atoms with Crippen LogP contribution in [0.15, 0.2) is 25.3 Å². The summed E-state index contributed by atoms with van der Waals surface area (Å²) in [5.74, 6) is -0.107. The topological polar surface area (TPSA) is 102 Å². The maximum Gasteiger partial charge on any atom is 0.309 e. The van der Waals surface area contributed by atoms with Crippen LogP contribution in [-0.2, 0) is 28.7 Å². The van der Waals surface area contributed by atoms with Crippen LogP contribution < -0.4 is 5.32 Å². The van der Waals surface area contributed by atoms with Crippen molar-refractivity contribution in [3.8, 4) is 0 Å². The number of nitrogens with one attached hydrogen (secondary N) is 1. The number of piperidine rings is 2. The second-order valence-corrected chi connectivity index (χ2v) is 7.21. The Morgan fingerprint density at radius 1 is 0.903 bits per heavy atom. The van der Waals surface area contributed by atoms with E-state index in [-0.39, 0.29) is 29.7 Å². The molecule has 176 valence electrons. The Kier molecular flexibility index (Phi) is 16.3. The molecule has 2 saturated heterocycles. The second-order valence-electron chi connectivity index (χ2n) is 6.84. The first-order valence-electron chi connectivity index (χ1n) is 10.6. The Morgan fingerprint density at radius 3 is 1.68 bits per heavy atom. The standard InChI is InChI=1S/C11H17NO3.C8H15NO2.C3H3ClO/c1-3-10(13)12-7-5-9(6-8-12)11(14)15-4-2;1-2-11-8(10)7-3-5-9-6-4-7;1-2-3(4)5/h3,9H,1,4-8H2,2H3;7,9H,2-6H2,1H3;2H,1H2. The molecule has 2 aliphatic heterocycles. The fourth-order valence-corrected chi connectivity index (χ4v) is 3.04. The molecule has 0 spiro atoms. The van der Waals surface area contributed by atoms with Crippen molar-refractivity contribution in [3.05, 3.63) is 25.3 Å². The van der Waals surface area contributed by atoms with Crippen LogP contribution in [0.1, 0.15) is 39.5 Å². The quantitative estimate of drug-likeness (QED) is 0.370. The maximum atomic E-state index is 11.4. The summed E-state index contributed by atoms with van der Waals surface area (Å²) in [6.45, 7) is 14.2. The predicted octanol–water partition coefficient (Wildman–Crippen LogP) is 2.46. The number of halogens is 1. The zero-order valence-corrected chi connectivity index (χ0v) is 19.3. The average Bonchev–Trinajstić information content (AvgIpc) is 2.80. The minimum absolute atomic E-state index is 0.0194. The first-order chi connectivity index (χ1) is 14.8. The molecule has 8 nitrogen and oxygen atoms in total. The number of hydrogen-bond acceptors (Lipinski definition) is 7. The molecule has 1 N–H and O–H groups in total. The molecule has 0 bridgehead atoms. The van der Waals surface area contributed by atoms with E-state index in [1.807, 2.05) is 6.92 Å². The summed E-state index contributed by atoms with van der Waals surface area (Å²) in [6, 6.07) is 0. The van der Waals surface area contributed by atoms with Crippen molar-refractivity contribution in [2.75, 3.05) is 39.4 Å². The van der Waals surface area contributed by atoms with Crippen molar-refractivity contribution in [1.29, 1.82) is 0 Å². The van der Waals surface area contributed by atoms with Gasteiger partial charge in [-0.1, -0.05) is 13.2 Å².